The summed E-state index contributed by atoms with van der Waals surface area (Å²) < 4.78 is 40.9. The molecule has 3 aromatic rings. The topological polar surface area (TPSA) is 67.3 Å². The van der Waals surface area contributed by atoms with E-state index in [-0.39, 0.29) is 22.3 Å². The summed E-state index contributed by atoms with van der Waals surface area (Å²) in [6.07, 6.45) is 3.01. The Bertz CT molecular complexity index is 1210. The molecule has 1 aliphatic heterocycles. The summed E-state index contributed by atoms with van der Waals surface area (Å²) in [6.45, 7) is 0.323. The molecule has 0 saturated carbocycles. The van der Waals surface area contributed by atoms with Crippen LogP contribution < -0.4 is 4.31 Å². The fourth-order valence-electron chi connectivity index (χ4n) is 3.54. The van der Waals surface area contributed by atoms with Crippen LogP contribution in [0.15, 0.2) is 65.7 Å². The fraction of sp³-hybridized carbons (Fsp3) is 0.182. The monoisotopic (exact) mass is 444 g/mol. The molecule has 0 N–H and O–H groups in total. The maximum atomic E-state index is 13.2. The molecule has 5 nitrogen and oxygen atoms in total. The molecule has 0 saturated heterocycles. The molecule has 1 aromatic heterocycles. The second kappa shape index (κ2) is 8.16. The maximum Gasteiger partial charge on any atom is 0.264 e. The van der Waals surface area contributed by atoms with Gasteiger partial charge in [-0.2, -0.15) is 0 Å². The lowest BCUT2D eigenvalue weighted by atomic mass is 9.98. The zero-order valence-corrected chi connectivity index (χ0v) is 17.5. The number of Topliss-reactive ketones (excluding diaryl/α,β-unsaturated/α-hetero) is 1. The molecule has 0 bridgehead atoms. The van der Waals surface area contributed by atoms with Gasteiger partial charge >= 0.3 is 0 Å². The summed E-state index contributed by atoms with van der Waals surface area (Å²) in [5.41, 5.74) is 2.61. The van der Waals surface area contributed by atoms with Crippen LogP contribution in [-0.2, 0) is 22.9 Å². The number of hydrogen-bond acceptors (Lipinski definition) is 4. The molecule has 0 spiro atoms. The minimum atomic E-state index is -3.84. The fourth-order valence-corrected chi connectivity index (χ4v) is 5.25. The van der Waals surface area contributed by atoms with E-state index >= 15 is 0 Å². The van der Waals surface area contributed by atoms with E-state index in [4.69, 9.17) is 11.6 Å². The largest absolute Gasteiger partial charge is 0.294 e. The Kier molecular flexibility index (Phi) is 5.58. The van der Waals surface area contributed by atoms with Crippen LogP contribution >= 0.6 is 11.6 Å². The number of nitrogens with zero attached hydrogens (tertiary/aromatic N) is 2. The molecule has 0 atom stereocenters. The van der Waals surface area contributed by atoms with Crippen molar-refractivity contribution in [1.29, 1.82) is 0 Å². The molecule has 0 radical (unpaired) electrons. The summed E-state index contributed by atoms with van der Waals surface area (Å²) in [5.74, 6) is -0.631. The summed E-state index contributed by atoms with van der Waals surface area (Å²) in [4.78, 5) is 16.5. The van der Waals surface area contributed by atoms with Gasteiger partial charge in [-0.1, -0.05) is 23.7 Å². The number of carbonyl (C=O) groups is 1. The highest BCUT2D eigenvalue weighted by molar-refractivity contribution is 7.92. The number of aromatic nitrogens is 1. The number of aryl methyl sites for hydroxylation is 1. The van der Waals surface area contributed by atoms with Crippen LogP contribution in [0.2, 0.25) is 5.15 Å². The van der Waals surface area contributed by atoms with Gasteiger partial charge in [0.15, 0.2) is 5.78 Å². The molecular weight excluding hydrogens is 427 g/mol. The van der Waals surface area contributed by atoms with Crippen molar-refractivity contribution in [3.63, 3.8) is 0 Å². The van der Waals surface area contributed by atoms with Crippen molar-refractivity contribution in [3.05, 3.63) is 88.5 Å². The third kappa shape index (κ3) is 4.08. The zero-order chi connectivity index (χ0) is 21.3. The van der Waals surface area contributed by atoms with Crippen LogP contribution in [0.25, 0.3) is 0 Å². The van der Waals surface area contributed by atoms with Crippen molar-refractivity contribution in [2.45, 2.75) is 24.2 Å². The lowest BCUT2D eigenvalue weighted by Crippen LogP contribution is -2.35. The summed E-state index contributed by atoms with van der Waals surface area (Å²) in [6, 6.07) is 13.3. The third-order valence-electron chi connectivity index (χ3n) is 5.04. The van der Waals surface area contributed by atoms with Gasteiger partial charge in [0.25, 0.3) is 10.0 Å². The van der Waals surface area contributed by atoms with E-state index in [0.29, 0.717) is 29.8 Å². The van der Waals surface area contributed by atoms with Gasteiger partial charge in [-0.25, -0.2) is 17.8 Å². The standard InChI is InChI=1S/C22H18ClFN2O3S/c23-22-14-17(9-10-25-22)21(27)13-15-3-4-16-2-1-11-26(20(16)12-15)30(28,29)19-7-5-18(24)6-8-19/h3-10,12,14H,1-2,11,13H2. The molecule has 4 rings (SSSR count). The number of carbonyl (C=O) groups excluding carboxylic acids is 1. The van der Waals surface area contributed by atoms with Crippen molar-refractivity contribution >= 4 is 33.1 Å². The molecule has 2 heterocycles. The third-order valence-corrected chi connectivity index (χ3v) is 7.07. The lowest BCUT2D eigenvalue weighted by Gasteiger charge is -2.31. The molecule has 0 amide bonds. The second-order valence-corrected chi connectivity index (χ2v) is 9.31. The molecular formula is C22H18ClFN2O3S. The van der Waals surface area contributed by atoms with Gasteiger partial charge in [-0.05, 0) is 66.4 Å². The Morgan fingerprint density at radius 1 is 1.10 bits per heavy atom. The molecule has 30 heavy (non-hydrogen) atoms. The quantitative estimate of drug-likeness (QED) is 0.431. The average Bonchev–Trinajstić information content (AvgIpc) is 2.73. The number of anilines is 1. The van der Waals surface area contributed by atoms with Gasteiger partial charge in [0.1, 0.15) is 11.0 Å². The number of hydrogen-bond donors (Lipinski definition) is 0. The summed E-state index contributed by atoms with van der Waals surface area (Å²) in [7, 11) is -3.84. The number of fused-ring (bicyclic) bond motifs is 1. The van der Waals surface area contributed by atoms with Crippen LogP contribution in [-0.4, -0.2) is 25.7 Å². The van der Waals surface area contributed by atoms with E-state index in [0.717, 1.165) is 24.1 Å². The minimum Gasteiger partial charge on any atom is -0.294 e. The molecule has 2 aromatic carbocycles. The number of benzene rings is 2. The first-order valence-corrected chi connectivity index (χ1v) is 11.2. The van der Waals surface area contributed by atoms with E-state index in [9.17, 15) is 17.6 Å². The molecule has 0 unspecified atom stereocenters. The number of ketones is 1. The van der Waals surface area contributed by atoms with Crippen molar-refractivity contribution < 1.29 is 17.6 Å². The zero-order valence-electron chi connectivity index (χ0n) is 15.9. The van der Waals surface area contributed by atoms with Crippen LogP contribution in [0, 0.1) is 5.82 Å². The van der Waals surface area contributed by atoms with Crippen LogP contribution in [0.5, 0.6) is 0 Å². The Balaban J connectivity index is 1.66. The SMILES string of the molecule is O=C(Cc1ccc2c(c1)N(S(=O)(=O)c1ccc(F)cc1)CCC2)c1ccnc(Cl)c1. The Labute approximate surface area is 179 Å². The second-order valence-electron chi connectivity index (χ2n) is 7.06. The predicted molar refractivity (Wildman–Crippen MR) is 113 cm³/mol. The highest BCUT2D eigenvalue weighted by Gasteiger charge is 2.29. The molecule has 0 fully saturated rings. The summed E-state index contributed by atoms with van der Waals surface area (Å²) in [5, 5.41) is 0.239. The van der Waals surface area contributed by atoms with E-state index in [2.05, 4.69) is 4.98 Å². The van der Waals surface area contributed by atoms with E-state index in [1.165, 1.54) is 28.7 Å². The molecule has 8 heteroatoms. The highest BCUT2D eigenvalue weighted by Crippen LogP contribution is 2.33. The number of rotatable bonds is 5. The van der Waals surface area contributed by atoms with Crippen LogP contribution in [0.4, 0.5) is 10.1 Å². The molecule has 1 aliphatic rings. The van der Waals surface area contributed by atoms with Gasteiger partial charge in [-0.15, -0.1) is 0 Å². The average molecular weight is 445 g/mol. The number of pyridine rings is 1. The van der Waals surface area contributed by atoms with E-state index in [1.807, 2.05) is 12.1 Å². The summed E-state index contributed by atoms with van der Waals surface area (Å²) >= 11 is 5.86. The van der Waals surface area contributed by atoms with Crippen molar-refractivity contribution in [3.8, 4) is 0 Å². The lowest BCUT2D eigenvalue weighted by molar-refractivity contribution is 0.0993. The van der Waals surface area contributed by atoms with Gasteiger partial charge in [0.2, 0.25) is 0 Å². The highest BCUT2D eigenvalue weighted by atomic mass is 35.5. The van der Waals surface area contributed by atoms with Gasteiger partial charge in [0.05, 0.1) is 10.6 Å². The molecule has 154 valence electrons. The Hall–Kier alpha value is -2.77. The smallest absolute Gasteiger partial charge is 0.264 e. The maximum absolute atomic E-state index is 13.2. The van der Waals surface area contributed by atoms with Gasteiger partial charge in [-0.3, -0.25) is 9.10 Å². The minimum absolute atomic E-state index is 0.0321. The van der Waals surface area contributed by atoms with Crippen LogP contribution in [0.3, 0.4) is 0 Å². The van der Waals surface area contributed by atoms with Gasteiger partial charge in [0, 0.05) is 24.7 Å². The van der Waals surface area contributed by atoms with E-state index in [1.54, 1.807) is 12.1 Å². The molecule has 0 aliphatic carbocycles. The number of sulfonamides is 1. The van der Waals surface area contributed by atoms with Crippen LogP contribution in [0.1, 0.15) is 27.9 Å². The first-order chi connectivity index (χ1) is 14.3. The van der Waals surface area contributed by atoms with E-state index < -0.39 is 15.8 Å². The van der Waals surface area contributed by atoms with Crippen molar-refractivity contribution in [2.75, 3.05) is 10.8 Å². The first-order valence-electron chi connectivity index (χ1n) is 9.39. The Morgan fingerprint density at radius 2 is 1.87 bits per heavy atom. The van der Waals surface area contributed by atoms with Crippen molar-refractivity contribution in [1.82, 2.24) is 4.98 Å². The normalized spacial score (nSPS) is 13.7. The predicted octanol–water partition coefficient (Wildman–Crippen LogP) is 4.44. The Morgan fingerprint density at radius 3 is 2.60 bits per heavy atom. The van der Waals surface area contributed by atoms with Crippen molar-refractivity contribution in [2.24, 2.45) is 0 Å². The number of halogens is 2. The van der Waals surface area contributed by atoms with Gasteiger partial charge < -0.3 is 0 Å². The first kappa shape index (κ1) is 20.5.